The van der Waals surface area contributed by atoms with Gasteiger partial charge in [-0.05, 0) is 31.4 Å². The SMILES string of the molecule is Cc1ccc(C=C2N=C(C3CCCCC3)OC2=O)cc1. The van der Waals surface area contributed by atoms with Crippen LogP contribution in [0.5, 0.6) is 0 Å². The van der Waals surface area contributed by atoms with Gasteiger partial charge in [-0.1, -0.05) is 49.1 Å². The normalized spacial score (nSPS) is 21.9. The van der Waals surface area contributed by atoms with Crippen LogP contribution in [0.3, 0.4) is 0 Å². The minimum atomic E-state index is -0.314. The molecule has 1 fully saturated rings. The average Bonchev–Trinajstić information content (AvgIpc) is 2.84. The van der Waals surface area contributed by atoms with E-state index in [0.29, 0.717) is 17.5 Å². The van der Waals surface area contributed by atoms with Crippen molar-refractivity contribution in [3.63, 3.8) is 0 Å². The van der Waals surface area contributed by atoms with Crippen LogP contribution >= 0.6 is 0 Å². The molecule has 3 nitrogen and oxygen atoms in total. The van der Waals surface area contributed by atoms with Gasteiger partial charge in [-0.3, -0.25) is 0 Å². The Bertz CT molecular complexity index is 563. The molecule has 1 aromatic carbocycles. The van der Waals surface area contributed by atoms with E-state index in [0.717, 1.165) is 18.4 Å². The van der Waals surface area contributed by atoms with Crippen molar-refractivity contribution < 1.29 is 9.53 Å². The topological polar surface area (TPSA) is 38.7 Å². The first-order chi connectivity index (χ1) is 9.72. The number of aryl methyl sites for hydroxylation is 1. The highest BCUT2D eigenvalue weighted by Crippen LogP contribution is 2.29. The van der Waals surface area contributed by atoms with E-state index in [4.69, 9.17) is 4.74 Å². The Kier molecular flexibility index (Phi) is 3.68. The fourth-order valence-corrected chi connectivity index (χ4v) is 2.77. The minimum absolute atomic E-state index is 0.314. The third-order valence-electron chi connectivity index (χ3n) is 3.97. The van der Waals surface area contributed by atoms with E-state index in [1.165, 1.54) is 24.8 Å². The first-order valence-electron chi connectivity index (χ1n) is 7.31. The molecule has 1 aromatic rings. The first kappa shape index (κ1) is 13.1. The second kappa shape index (κ2) is 5.61. The van der Waals surface area contributed by atoms with Crippen molar-refractivity contribution in [2.75, 3.05) is 0 Å². The third-order valence-corrected chi connectivity index (χ3v) is 3.97. The van der Waals surface area contributed by atoms with Crippen LogP contribution in [0, 0.1) is 12.8 Å². The average molecular weight is 269 g/mol. The third kappa shape index (κ3) is 2.82. The molecule has 1 aliphatic carbocycles. The fourth-order valence-electron chi connectivity index (χ4n) is 2.77. The summed E-state index contributed by atoms with van der Waals surface area (Å²) in [6.45, 7) is 2.04. The number of hydrogen-bond acceptors (Lipinski definition) is 3. The zero-order valence-corrected chi connectivity index (χ0v) is 11.8. The number of hydrogen-bond donors (Lipinski definition) is 0. The summed E-state index contributed by atoms with van der Waals surface area (Å²) in [5.74, 6) is 0.649. The number of carbonyl (C=O) groups excluding carboxylic acids is 1. The lowest BCUT2D eigenvalue weighted by Crippen LogP contribution is -2.19. The molecule has 1 saturated carbocycles. The number of esters is 1. The lowest BCUT2D eigenvalue weighted by molar-refractivity contribution is -0.130. The van der Waals surface area contributed by atoms with Gasteiger partial charge in [0.15, 0.2) is 5.70 Å². The summed E-state index contributed by atoms with van der Waals surface area (Å²) >= 11 is 0. The molecule has 104 valence electrons. The first-order valence-corrected chi connectivity index (χ1v) is 7.31. The van der Waals surface area contributed by atoms with Crippen LogP contribution in [0.25, 0.3) is 6.08 Å². The maximum Gasteiger partial charge on any atom is 0.363 e. The van der Waals surface area contributed by atoms with Crippen molar-refractivity contribution in [2.45, 2.75) is 39.0 Å². The Morgan fingerprint density at radius 3 is 2.55 bits per heavy atom. The number of aliphatic imine (C=N–C) groups is 1. The van der Waals surface area contributed by atoms with Crippen LogP contribution in [-0.2, 0) is 9.53 Å². The molecule has 0 aromatic heterocycles. The largest absolute Gasteiger partial charge is 0.406 e. The summed E-state index contributed by atoms with van der Waals surface area (Å²) in [5, 5.41) is 0. The number of ether oxygens (including phenoxy) is 1. The maximum absolute atomic E-state index is 11.9. The Hall–Kier alpha value is -1.90. The van der Waals surface area contributed by atoms with Gasteiger partial charge in [-0.25, -0.2) is 9.79 Å². The Balaban J connectivity index is 1.80. The number of rotatable bonds is 2. The molecule has 0 spiro atoms. The maximum atomic E-state index is 11.9. The van der Waals surface area contributed by atoms with Gasteiger partial charge >= 0.3 is 5.97 Å². The molecule has 0 N–H and O–H groups in total. The van der Waals surface area contributed by atoms with Gasteiger partial charge in [0.2, 0.25) is 5.90 Å². The van der Waals surface area contributed by atoms with E-state index in [9.17, 15) is 4.79 Å². The fraction of sp³-hybridized carbons (Fsp3) is 0.412. The Labute approximate surface area is 119 Å². The molecular formula is C17H19NO2. The summed E-state index contributed by atoms with van der Waals surface area (Å²) in [7, 11) is 0. The smallest absolute Gasteiger partial charge is 0.363 e. The molecule has 3 rings (SSSR count). The van der Waals surface area contributed by atoms with Gasteiger partial charge < -0.3 is 4.74 Å². The van der Waals surface area contributed by atoms with Crippen molar-refractivity contribution in [1.82, 2.24) is 0 Å². The van der Waals surface area contributed by atoms with Crippen LogP contribution in [0.4, 0.5) is 0 Å². The quantitative estimate of drug-likeness (QED) is 0.604. The van der Waals surface area contributed by atoms with Crippen molar-refractivity contribution in [1.29, 1.82) is 0 Å². The zero-order valence-electron chi connectivity index (χ0n) is 11.8. The highest BCUT2D eigenvalue weighted by Gasteiger charge is 2.29. The lowest BCUT2D eigenvalue weighted by atomic mass is 9.89. The van der Waals surface area contributed by atoms with E-state index < -0.39 is 0 Å². The molecule has 3 heteroatoms. The highest BCUT2D eigenvalue weighted by atomic mass is 16.6. The van der Waals surface area contributed by atoms with Gasteiger partial charge in [0.1, 0.15) is 0 Å². The van der Waals surface area contributed by atoms with E-state index >= 15 is 0 Å². The molecule has 0 bridgehead atoms. The summed E-state index contributed by atoms with van der Waals surface area (Å²) in [6.07, 6.45) is 7.67. The van der Waals surface area contributed by atoms with E-state index in [-0.39, 0.29) is 5.97 Å². The molecular weight excluding hydrogens is 250 g/mol. The standard InChI is InChI=1S/C17H19NO2/c1-12-7-9-13(10-8-12)11-15-17(19)20-16(18-15)14-5-3-2-4-6-14/h7-11,14H,2-6H2,1H3. The van der Waals surface area contributed by atoms with Crippen molar-refractivity contribution in [3.05, 3.63) is 41.1 Å². The summed E-state index contributed by atoms with van der Waals surface area (Å²) in [4.78, 5) is 16.3. The van der Waals surface area contributed by atoms with Gasteiger partial charge in [-0.2, -0.15) is 0 Å². The predicted molar refractivity (Wildman–Crippen MR) is 79.3 cm³/mol. The van der Waals surface area contributed by atoms with E-state index in [1.807, 2.05) is 31.2 Å². The number of nitrogens with zero attached hydrogens (tertiary/aromatic N) is 1. The molecule has 1 heterocycles. The molecule has 0 atom stereocenters. The number of benzene rings is 1. The molecule has 0 radical (unpaired) electrons. The Morgan fingerprint density at radius 1 is 1.15 bits per heavy atom. The molecule has 0 amide bonds. The van der Waals surface area contributed by atoms with Crippen molar-refractivity contribution in [2.24, 2.45) is 10.9 Å². The van der Waals surface area contributed by atoms with E-state index in [1.54, 1.807) is 6.08 Å². The molecule has 1 aliphatic heterocycles. The van der Waals surface area contributed by atoms with Crippen LogP contribution in [-0.4, -0.2) is 11.9 Å². The predicted octanol–water partition coefficient (Wildman–Crippen LogP) is 3.87. The summed E-state index contributed by atoms with van der Waals surface area (Å²) < 4.78 is 5.35. The lowest BCUT2D eigenvalue weighted by Gasteiger charge is -2.19. The molecule has 0 saturated heterocycles. The number of cyclic esters (lactones) is 1. The second-order valence-electron chi connectivity index (χ2n) is 5.61. The van der Waals surface area contributed by atoms with Crippen LogP contribution in [0.15, 0.2) is 35.0 Å². The van der Waals surface area contributed by atoms with E-state index in [2.05, 4.69) is 4.99 Å². The van der Waals surface area contributed by atoms with Gasteiger partial charge in [0, 0.05) is 5.92 Å². The van der Waals surface area contributed by atoms with Crippen LogP contribution in [0.2, 0.25) is 0 Å². The zero-order chi connectivity index (χ0) is 13.9. The molecule has 20 heavy (non-hydrogen) atoms. The summed E-state index contributed by atoms with van der Waals surface area (Å²) in [5.41, 5.74) is 2.61. The van der Waals surface area contributed by atoms with Crippen molar-refractivity contribution in [3.8, 4) is 0 Å². The van der Waals surface area contributed by atoms with Crippen molar-refractivity contribution >= 4 is 17.9 Å². The Morgan fingerprint density at radius 2 is 1.85 bits per heavy atom. The highest BCUT2D eigenvalue weighted by molar-refractivity contribution is 6.07. The molecule has 0 unspecified atom stereocenters. The van der Waals surface area contributed by atoms with Gasteiger partial charge in [0.05, 0.1) is 0 Å². The second-order valence-corrected chi connectivity index (χ2v) is 5.61. The van der Waals surface area contributed by atoms with Gasteiger partial charge in [-0.15, -0.1) is 0 Å². The van der Waals surface area contributed by atoms with Gasteiger partial charge in [0.25, 0.3) is 0 Å². The van der Waals surface area contributed by atoms with Crippen LogP contribution in [0.1, 0.15) is 43.2 Å². The monoisotopic (exact) mass is 269 g/mol. The summed E-state index contributed by atoms with van der Waals surface area (Å²) in [6, 6.07) is 8.03. The van der Waals surface area contributed by atoms with Crippen LogP contribution < -0.4 is 0 Å². The number of carbonyl (C=O) groups is 1. The minimum Gasteiger partial charge on any atom is -0.406 e. The molecule has 2 aliphatic rings.